The molecule has 28 heavy (non-hydrogen) atoms. The fourth-order valence-electron chi connectivity index (χ4n) is 2.87. The van der Waals surface area contributed by atoms with Gasteiger partial charge in [0.05, 0.1) is 26.0 Å². The number of benzene rings is 1. The summed E-state index contributed by atoms with van der Waals surface area (Å²) in [5.41, 5.74) is 1.12. The van der Waals surface area contributed by atoms with Gasteiger partial charge in [-0.3, -0.25) is 14.3 Å². The molecule has 0 aliphatic carbocycles. The number of hydrogen-bond donors (Lipinski definition) is 1. The quantitative estimate of drug-likeness (QED) is 0.560. The second-order valence-electron chi connectivity index (χ2n) is 6.66. The topological polar surface area (TPSA) is 68.2 Å². The Morgan fingerprint density at radius 2 is 2.04 bits per heavy atom. The molecule has 0 saturated heterocycles. The first-order valence-corrected chi connectivity index (χ1v) is 9.70. The van der Waals surface area contributed by atoms with E-state index in [1.807, 2.05) is 53.8 Å². The average Bonchev–Trinajstić information content (AvgIpc) is 3.31. The maximum atomic E-state index is 12.0. The van der Waals surface area contributed by atoms with Crippen LogP contribution < -0.4 is 5.32 Å². The van der Waals surface area contributed by atoms with Gasteiger partial charge in [0.25, 0.3) is 0 Å². The van der Waals surface area contributed by atoms with Crippen LogP contribution in [0.5, 0.6) is 0 Å². The van der Waals surface area contributed by atoms with Crippen LogP contribution in [0.3, 0.4) is 0 Å². The van der Waals surface area contributed by atoms with Gasteiger partial charge in [0, 0.05) is 6.54 Å². The summed E-state index contributed by atoms with van der Waals surface area (Å²) in [5.74, 6) is 1.32. The number of rotatable bonds is 9. The molecular weight excluding hydrogens is 374 g/mol. The number of carbonyl (C=O) groups is 1. The lowest BCUT2D eigenvalue weighted by Gasteiger charge is -2.15. The Balaban J connectivity index is 1.83. The second-order valence-corrected chi connectivity index (χ2v) is 7.03. The molecule has 3 rings (SSSR count). The first-order valence-electron chi connectivity index (χ1n) is 9.29. The molecule has 3 aromatic rings. The predicted octanol–water partition coefficient (Wildman–Crippen LogP) is 3.14. The van der Waals surface area contributed by atoms with Crippen molar-refractivity contribution in [3.63, 3.8) is 0 Å². The Labute approximate surface area is 169 Å². The van der Waals surface area contributed by atoms with Crippen LogP contribution in [-0.2, 0) is 18.0 Å². The summed E-state index contributed by atoms with van der Waals surface area (Å²) in [6, 6.07) is 13.8. The molecule has 0 radical (unpaired) electrons. The fraction of sp³-hybridized carbons (Fsp3) is 0.350. The lowest BCUT2D eigenvalue weighted by Crippen LogP contribution is -2.36. The maximum Gasteiger partial charge on any atom is 0.234 e. The van der Waals surface area contributed by atoms with Crippen molar-refractivity contribution in [1.82, 2.24) is 24.6 Å². The van der Waals surface area contributed by atoms with Gasteiger partial charge in [0.2, 0.25) is 5.91 Å². The highest BCUT2D eigenvalue weighted by molar-refractivity contribution is 7.71. The molecule has 2 heterocycles. The number of aromatic nitrogens is 3. The first kappa shape index (κ1) is 20.0. The van der Waals surface area contributed by atoms with Gasteiger partial charge in [-0.2, -0.15) is 0 Å². The van der Waals surface area contributed by atoms with E-state index in [-0.39, 0.29) is 12.5 Å². The van der Waals surface area contributed by atoms with Crippen LogP contribution in [0, 0.1) is 4.77 Å². The minimum Gasteiger partial charge on any atom is -0.461 e. The second kappa shape index (κ2) is 9.48. The van der Waals surface area contributed by atoms with Crippen LogP contribution in [0.2, 0.25) is 0 Å². The molecule has 2 aromatic heterocycles. The van der Waals surface area contributed by atoms with E-state index < -0.39 is 0 Å². The SMILES string of the molecule is CCCNC(=O)CN(C)Cn1nc(-c2ccco2)n(Cc2ccccc2)c1=S. The number of furan rings is 1. The Morgan fingerprint density at radius 3 is 2.71 bits per heavy atom. The summed E-state index contributed by atoms with van der Waals surface area (Å²) in [7, 11) is 1.87. The normalized spacial score (nSPS) is 11.1. The number of hydrogen-bond acceptors (Lipinski definition) is 5. The van der Waals surface area contributed by atoms with Gasteiger partial charge in [0.1, 0.15) is 0 Å². The molecule has 1 N–H and O–H groups in total. The van der Waals surface area contributed by atoms with E-state index in [1.165, 1.54) is 0 Å². The van der Waals surface area contributed by atoms with Crippen molar-refractivity contribution in [3.8, 4) is 11.6 Å². The zero-order valence-corrected chi connectivity index (χ0v) is 17.0. The van der Waals surface area contributed by atoms with Crippen molar-refractivity contribution >= 4 is 18.1 Å². The molecule has 0 unspecified atom stereocenters. The van der Waals surface area contributed by atoms with Crippen LogP contribution in [0.15, 0.2) is 53.1 Å². The maximum absolute atomic E-state index is 12.0. The van der Waals surface area contributed by atoms with E-state index in [0.29, 0.717) is 36.1 Å². The van der Waals surface area contributed by atoms with Crippen LogP contribution >= 0.6 is 12.2 Å². The van der Waals surface area contributed by atoms with Crippen molar-refractivity contribution in [1.29, 1.82) is 0 Å². The largest absolute Gasteiger partial charge is 0.461 e. The van der Waals surface area contributed by atoms with Gasteiger partial charge in [0.15, 0.2) is 16.4 Å². The van der Waals surface area contributed by atoms with Gasteiger partial charge < -0.3 is 9.73 Å². The lowest BCUT2D eigenvalue weighted by atomic mass is 10.2. The van der Waals surface area contributed by atoms with Gasteiger partial charge >= 0.3 is 0 Å². The molecule has 0 aliphatic heterocycles. The summed E-state index contributed by atoms with van der Waals surface area (Å²) < 4.78 is 9.82. The van der Waals surface area contributed by atoms with E-state index in [4.69, 9.17) is 16.6 Å². The van der Waals surface area contributed by atoms with Gasteiger partial charge in [-0.05, 0) is 43.4 Å². The molecule has 0 aliphatic rings. The molecule has 1 aromatic carbocycles. The highest BCUT2D eigenvalue weighted by Gasteiger charge is 2.17. The summed E-state index contributed by atoms with van der Waals surface area (Å²) in [6.07, 6.45) is 2.53. The fourth-order valence-corrected chi connectivity index (χ4v) is 3.12. The molecule has 0 saturated carbocycles. The smallest absolute Gasteiger partial charge is 0.234 e. The van der Waals surface area contributed by atoms with Crippen molar-refractivity contribution in [2.45, 2.75) is 26.6 Å². The van der Waals surface area contributed by atoms with Crippen LogP contribution in [-0.4, -0.2) is 45.3 Å². The number of likely N-dealkylation sites (N-methyl/N-ethyl adjacent to an activating group) is 1. The van der Waals surface area contributed by atoms with Crippen molar-refractivity contribution < 1.29 is 9.21 Å². The Bertz CT molecular complexity index is 947. The molecular formula is C20H25N5O2S. The molecule has 0 bridgehead atoms. The Morgan fingerprint density at radius 1 is 1.25 bits per heavy atom. The van der Waals surface area contributed by atoms with Crippen LogP contribution in [0.4, 0.5) is 0 Å². The lowest BCUT2D eigenvalue weighted by molar-refractivity contribution is -0.122. The zero-order chi connectivity index (χ0) is 19.9. The third-order valence-electron chi connectivity index (χ3n) is 4.21. The van der Waals surface area contributed by atoms with E-state index in [1.54, 1.807) is 10.9 Å². The monoisotopic (exact) mass is 399 g/mol. The summed E-state index contributed by atoms with van der Waals surface area (Å²) in [5, 5.41) is 7.54. The minimum absolute atomic E-state index is 0.00848. The molecule has 0 atom stereocenters. The summed E-state index contributed by atoms with van der Waals surface area (Å²) in [4.78, 5) is 13.8. The molecule has 0 spiro atoms. The van der Waals surface area contributed by atoms with Gasteiger partial charge in [-0.1, -0.05) is 37.3 Å². The molecule has 8 heteroatoms. The third-order valence-corrected chi connectivity index (χ3v) is 4.64. The van der Waals surface area contributed by atoms with Crippen molar-refractivity contribution in [3.05, 3.63) is 59.1 Å². The van der Waals surface area contributed by atoms with E-state index >= 15 is 0 Å². The molecule has 148 valence electrons. The molecule has 0 fully saturated rings. The number of nitrogens with one attached hydrogen (secondary N) is 1. The van der Waals surface area contributed by atoms with E-state index in [9.17, 15) is 4.79 Å². The predicted molar refractivity (Wildman–Crippen MR) is 110 cm³/mol. The first-order chi connectivity index (χ1) is 13.6. The summed E-state index contributed by atoms with van der Waals surface area (Å²) >= 11 is 5.68. The Hall–Kier alpha value is -2.71. The Kier molecular flexibility index (Phi) is 6.78. The van der Waals surface area contributed by atoms with Crippen molar-refractivity contribution in [2.24, 2.45) is 0 Å². The zero-order valence-electron chi connectivity index (χ0n) is 16.2. The molecule has 1 amide bonds. The van der Waals surface area contributed by atoms with Crippen molar-refractivity contribution in [2.75, 3.05) is 20.1 Å². The third kappa shape index (κ3) is 4.96. The van der Waals surface area contributed by atoms with Crippen LogP contribution in [0.1, 0.15) is 18.9 Å². The average molecular weight is 400 g/mol. The van der Waals surface area contributed by atoms with Crippen LogP contribution in [0.25, 0.3) is 11.6 Å². The van der Waals surface area contributed by atoms with Gasteiger partial charge in [-0.25, -0.2) is 4.68 Å². The summed E-state index contributed by atoms with van der Waals surface area (Å²) in [6.45, 7) is 3.99. The van der Waals surface area contributed by atoms with E-state index in [0.717, 1.165) is 12.0 Å². The number of carbonyl (C=O) groups excluding carboxylic acids is 1. The standard InChI is InChI=1S/C20H25N5O2S/c1-3-11-21-18(26)14-23(2)15-25-20(28)24(13-16-8-5-4-6-9-16)19(22-25)17-10-7-12-27-17/h4-10,12H,3,11,13-15H2,1-2H3,(H,21,26). The highest BCUT2D eigenvalue weighted by Crippen LogP contribution is 2.20. The minimum atomic E-state index is -0.00848. The van der Waals surface area contributed by atoms with Gasteiger partial charge in [-0.15, -0.1) is 5.10 Å². The number of nitrogens with zero attached hydrogens (tertiary/aromatic N) is 4. The van der Waals surface area contributed by atoms with E-state index in [2.05, 4.69) is 22.5 Å². The number of amides is 1. The molecule has 7 nitrogen and oxygen atoms in total. The highest BCUT2D eigenvalue weighted by atomic mass is 32.1.